The molecule has 3 heteroatoms. The monoisotopic (exact) mass is 220 g/mol. The van der Waals surface area contributed by atoms with Gasteiger partial charge in [-0.1, -0.05) is 19.1 Å². The summed E-state index contributed by atoms with van der Waals surface area (Å²) in [5.41, 5.74) is 0.995. The Hall–Kier alpha value is -1.64. The van der Waals surface area contributed by atoms with Crippen LogP contribution in [0.5, 0.6) is 5.75 Å². The molecule has 86 valence electrons. The third-order valence-electron chi connectivity index (χ3n) is 2.42. The van der Waals surface area contributed by atoms with E-state index in [2.05, 4.69) is 0 Å². The first-order valence-corrected chi connectivity index (χ1v) is 5.43. The zero-order chi connectivity index (χ0) is 12.0. The van der Waals surface area contributed by atoms with Gasteiger partial charge in [0, 0.05) is 12.8 Å². The Morgan fingerprint density at radius 2 is 1.75 bits per heavy atom. The molecule has 0 saturated heterocycles. The number of aryl methyl sites for hydroxylation is 1. The molecule has 1 aromatic carbocycles. The lowest BCUT2D eigenvalue weighted by Gasteiger charge is -2.01. The molecule has 3 nitrogen and oxygen atoms in total. The number of phenols is 1. The summed E-state index contributed by atoms with van der Waals surface area (Å²) in [6, 6.07) is 6.75. The molecule has 0 unspecified atom stereocenters. The number of carbonyl (C=O) groups excluding carboxylic acids is 2. The lowest BCUT2D eigenvalue weighted by Crippen LogP contribution is -2.07. The standard InChI is InChI=1S/C13H16O3/c1-2-11(14)9-13(16)8-5-10-3-6-12(15)7-4-10/h3-4,6-7,15H,2,5,8-9H2,1H3. The van der Waals surface area contributed by atoms with Crippen molar-refractivity contribution in [1.29, 1.82) is 0 Å². The Bertz CT molecular complexity index is 365. The van der Waals surface area contributed by atoms with Crippen LogP contribution >= 0.6 is 0 Å². The summed E-state index contributed by atoms with van der Waals surface area (Å²) >= 11 is 0. The molecule has 0 saturated carbocycles. The zero-order valence-corrected chi connectivity index (χ0v) is 9.40. The molecule has 16 heavy (non-hydrogen) atoms. The third-order valence-corrected chi connectivity index (χ3v) is 2.42. The fourth-order valence-corrected chi connectivity index (χ4v) is 1.38. The number of carbonyl (C=O) groups is 2. The molecular weight excluding hydrogens is 204 g/mol. The summed E-state index contributed by atoms with van der Waals surface area (Å²) in [4.78, 5) is 22.4. The summed E-state index contributed by atoms with van der Waals surface area (Å²) in [6.45, 7) is 1.76. The van der Waals surface area contributed by atoms with E-state index in [1.54, 1.807) is 31.2 Å². The third kappa shape index (κ3) is 4.26. The van der Waals surface area contributed by atoms with Gasteiger partial charge in [0.2, 0.25) is 0 Å². The second kappa shape index (κ2) is 6.05. The molecule has 0 atom stereocenters. The van der Waals surface area contributed by atoms with Crippen LogP contribution in [0.25, 0.3) is 0 Å². The number of phenolic OH excluding ortho intramolecular Hbond substituents is 1. The largest absolute Gasteiger partial charge is 0.508 e. The predicted octanol–water partition coefficient (Wildman–Crippen LogP) is 2.26. The van der Waals surface area contributed by atoms with Crippen LogP contribution in [0.15, 0.2) is 24.3 Å². The van der Waals surface area contributed by atoms with Crippen molar-refractivity contribution in [3.05, 3.63) is 29.8 Å². The van der Waals surface area contributed by atoms with Crippen molar-refractivity contribution in [3.63, 3.8) is 0 Å². The minimum atomic E-state index is -0.0140. The van der Waals surface area contributed by atoms with Gasteiger partial charge in [-0.2, -0.15) is 0 Å². The molecule has 0 aliphatic heterocycles. The first-order valence-electron chi connectivity index (χ1n) is 5.43. The second-order valence-electron chi connectivity index (χ2n) is 3.77. The van der Waals surface area contributed by atoms with Crippen molar-refractivity contribution in [1.82, 2.24) is 0 Å². The van der Waals surface area contributed by atoms with Crippen LogP contribution in [-0.4, -0.2) is 16.7 Å². The molecule has 1 aromatic rings. The minimum Gasteiger partial charge on any atom is -0.508 e. The molecule has 0 amide bonds. The Morgan fingerprint density at radius 3 is 2.31 bits per heavy atom. The number of Topliss-reactive ketones (excluding diaryl/α,β-unsaturated/α-hetero) is 2. The van der Waals surface area contributed by atoms with E-state index in [0.29, 0.717) is 19.3 Å². The van der Waals surface area contributed by atoms with E-state index >= 15 is 0 Å². The number of aromatic hydroxyl groups is 1. The van der Waals surface area contributed by atoms with Gasteiger partial charge in [-0.05, 0) is 24.1 Å². The summed E-state index contributed by atoms with van der Waals surface area (Å²) in [5.74, 6) is 0.201. The fourth-order valence-electron chi connectivity index (χ4n) is 1.38. The van der Waals surface area contributed by atoms with E-state index < -0.39 is 0 Å². The highest BCUT2D eigenvalue weighted by Gasteiger charge is 2.07. The quantitative estimate of drug-likeness (QED) is 0.748. The molecule has 0 aliphatic rings. The highest BCUT2D eigenvalue weighted by molar-refractivity contribution is 5.98. The van der Waals surface area contributed by atoms with E-state index in [-0.39, 0.29) is 23.7 Å². The molecule has 0 heterocycles. The SMILES string of the molecule is CCC(=O)CC(=O)CCc1ccc(O)cc1. The highest BCUT2D eigenvalue weighted by atomic mass is 16.3. The molecule has 1 N–H and O–H groups in total. The van der Waals surface area contributed by atoms with E-state index in [9.17, 15) is 9.59 Å². The number of rotatable bonds is 6. The molecule has 0 bridgehead atoms. The van der Waals surface area contributed by atoms with Gasteiger partial charge < -0.3 is 5.11 Å². The van der Waals surface area contributed by atoms with Crippen molar-refractivity contribution in [2.24, 2.45) is 0 Å². The van der Waals surface area contributed by atoms with E-state index in [1.807, 2.05) is 0 Å². The number of hydrogen-bond acceptors (Lipinski definition) is 3. The molecule has 0 radical (unpaired) electrons. The summed E-state index contributed by atoms with van der Waals surface area (Å²) in [6.07, 6.45) is 1.48. The topological polar surface area (TPSA) is 54.4 Å². The molecule has 0 aliphatic carbocycles. The number of benzene rings is 1. The first kappa shape index (κ1) is 12.4. The van der Waals surface area contributed by atoms with Crippen LogP contribution in [0, 0.1) is 0 Å². The van der Waals surface area contributed by atoms with Crippen molar-refractivity contribution in [3.8, 4) is 5.75 Å². The van der Waals surface area contributed by atoms with Crippen LogP contribution in [0.4, 0.5) is 0 Å². The van der Waals surface area contributed by atoms with Crippen LogP contribution in [0.1, 0.15) is 31.7 Å². The summed E-state index contributed by atoms with van der Waals surface area (Å²) in [7, 11) is 0. The second-order valence-corrected chi connectivity index (χ2v) is 3.77. The maximum atomic E-state index is 11.4. The number of ketones is 2. The lowest BCUT2D eigenvalue weighted by molar-refractivity contribution is -0.126. The molecule has 1 rings (SSSR count). The Balaban J connectivity index is 2.37. The minimum absolute atomic E-state index is 0.00398. The van der Waals surface area contributed by atoms with Crippen LogP contribution in [-0.2, 0) is 16.0 Å². The van der Waals surface area contributed by atoms with Crippen molar-refractivity contribution >= 4 is 11.6 Å². The molecule has 0 fully saturated rings. The Labute approximate surface area is 95.1 Å². The van der Waals surface area contributed by atoms with Crippen molar-refractivity contribution in [2.75, 3.05) is 0 Å². The van der Waals surface area contributed by atoms with Gasteiger partial charge in [0.15, 0.2) is 0 Å². The average molecular weight is 220 g/mol. The van der Waals surface area contributed by atoms with Gasteiger partial charge in [0.25, 0.3) is 0 Å². The highest BCUT2D eigenvalue weighted by Crippen LogP contribution is 2.11. The molecular formula is C13H16O3. The van der Waals surface area contributed by atoms with Crippen LogP contribution in [0.3, 0.4) is 0 Å². The zero-order valence-electron chi connectivity index (χ0n) is 9.40. The Morgan fingerprint density at radius 1 is 1.12 bits per heavy atom. The molecule has 0 aromatic heterocycles. The van der Waals surface area contributed by atoms with Crippen LogP contribution in [0.2, 0.25) is 0 Å². The predicted molar refractivity (Wildman–Crippen MR) is 61.3 cm³/mol. The van der Waals surface area contributed by atoms with Crippen LogP contribution < -0.4 is 0 Å². The summed E-state index contributed by atoms with van der Waals surface area (Å²) < 4.78 is 0. The van der Waals surface area contributed by atoms with Crippen molar-refractivity contribution < 1.29 is 14.7 Å². The average Bonchev–Trinajstić information content (AvgIpc) is 2.28. The van der Waals surface area contributed by atoms with Gasteiger partial charge >= 0.3 is 0 Å². The molecule has 0 spiro atoms. The Kier molecular flexibility index (Phi) is 4.70. The van der Waals surface area contributed by atoms with Gasteiger partial charge in [0.1, 0.15) is 17.3 Å². The first-order chi connectivity index (χ1) is 7.61. The van der Waals surface area contributed by atoms with Gasteiger partial charge in [-0.25, -0.2) is 0 Å². The van der Waals surface area contributed by atoms with E-state index in [0.717, 1.165) is 5.56 Å². The van der Waals surface area contributed by atoms with Gasteiger partial charge in [0.05, 0.1) is 6.42 Å². The fraction of sp³-hybridized carbons (Fsp3) is 0.385. The number of hydrogen-bond donors (Lipinski definition) is 1. The normalized spacial score (nSPS) is 10.1. The van der Waals surface area contributed by atoms with Gasteiger partial charge in [-0.3, -0.25) is 9.59 Å². The lowest BCUT2D eigenvalue weighted by atomic mass is 10.0. The van der Waals surface area contributed by atoms with Crippen molar-refractivity contribution in [2.45, 2.75) is 32.6 Å². The summed E-state index contributed by atoms with van der Waals surface area (Å²) in [5, 5.41) is 9.07. The van der Waals surface area contributed by atoms with E-state index in [4.69, 9.17) is 5.11 Å². The smallest absolute Gasteiger partial charge is 0.140 e. The van der Waals surface area contributed by atoms with E-state index in [1.165, 1.54) is 0 Å². The maximum Gasteiger partial charge on any atom is 0.140 e. The maximum absolute atomic E-state index is 11.4. The van der Waals surface area contributed by atoms with Gasteiger partial charge in [-0.15, -0.1) is 0 Å².